The molecule has 2 aromatic carbocycles. The van der Waals surface area contributed by atoms with Gasteiger partial charge in [-0.3, -0.25) is 24.0 Å². The third-order valence-corrected chi connectivity index (χ3v) is 6.80. The zero-order valence-electron chi connectivity index (χ0n) is 25.8. The van der Waals surface area contributed by atoms with Crippen molar-refractivity contribution in [2.24, 2.45) is 0 Å². The van der Waals surface area contributed by atoms with Gasteiger partial charge in [0.05, 0.1) is 7.11 Å². The van der Waals surface area contributed by atoms with Crippen LogP contribution < -0.4 is 10.1 Å². The van der Waals surface area contributed by atoms with Crippen LogP contribution in [0, 0.1) is 0 Å². The molecule has 0 bridgehead atoms. The number of amides is 1. The van der Waals surface area contributed by atoms with Crippen LogP contribution in [-0.4, -0.2) is 84.7 Å². The molecule has 0 aliphatic carbocycles. The molecule has 2 aromatic rings. The molecule has 1 fully saturated rings. The van der Waals surface area contributed by atoms with Crippen molar-refractivity contribution in [1.82, 2.24) is 5.32 Å². The number of nitrogens with one attached hydrogen (secondary N) is 1. The van der Waals surface area contributed by atoms with Crippen molar-refractivity contribution in [3.63, 3.8) is 0 Å². The Kier molecular flexibility index (Phi) is 11.7. The molecule has 1 aliphatic rings. The lowest BCUT2D eigenvalue weighted by Gasteiger charge is -2.44. The molecule has 1 heterocycles. The van der Waals surface area contributed by atoms with E-state index in [2.05, 4.69) is 5.32 Å². The number of carbonyl (C=O) groups excluding carboxylic acids is 5. The quantitative estimate of drug-likeness (QED) is 0.242. The molecule has 3 rings (SSSR count). The Labute approximate surface area is 259 Å². The minimum absolute atomic E-state index is 0.0702. The summed E-state index contributed by atoms with van der Waals surface area (Å²) in [6.07, 6.45) is -7.20. The van der Waals surface area contributed by atoms with Gasteiger partial charge in [-0.15, -0.1) is 0 Å². The van der Waals surface area contributed by atoms with Gasteiger partial charge in [-0.2, -0.15) is 0 Å². The van der Waals surface area contributed by atoms with E-state index >= 15 is 0 Å². The first-order chi connectivity index (χ1) is 21.3. The minimum Gasteiger partial charge on any atom is -0.507 e. The fourth-order valence-corrected chi connectivity index (χ4v) is 5.00. The average molecular weight is 632 g/mol. The number of carbonyl (C=O) groups is 5. The van der Waals surface area contributed by atoms with Gasteiger partial charge in [0.15, 0.2) is 18.3 Å². The summed E-state index contributed by atoms with van der Waals surface area (Å²) in [5, 5.41) is 25.2. The minimum atomic E-state index is -1.55. The van der Waals surface area contributed by atoms with Gasteiger partial charge < -0.3 is 44.0 Å². The Bertz CT molecular complexity index is 1420. The van der Waals surface area contributed by atoms with Gasteiger partial charge in [-0.25, -0.2) is 0 Å². The number of ether oxygens (including phenoxy) is 6. The smallest absolute Gasteiger partial charge is 0.303 e. The highest BCUT2D eigenvalue weighted by atomic mass is 16.7. The standard InChI is InChI=1S/C31H37NO13/c1-7-32-31(39)24-25(37)20(12-19-8-10-21(40-6)11-9-19)13-22(26(24)38)27-29(43-17(4)35)30(44-18(5)36)28(42-16(3)34)23(45-27)14-41-15(2)33/h8-11,13,23,27-30,37-38H,7,12,14H2,1-6H3,(H,32,39). The molecule has 3 N–H and O–H groups in total. The van der Waals surface area contributed by atoms with Gasteiger partial charge >= 0.3 is 23.9 Å². The third kappa shape index (κ3) is 8.62. The molecule has 5 unspecified atom stereocenters. The molecule has 1 amide bonds. The van der Waals surface area contributed by atoms with Crippen LogP contribution in [-0.2, 0) is 49.3 Å². The van der Waals surface area contributed by atoms with Crippen LogP contribution in [0.25, 0.3) is 0 Å². The van der Waals surface area contributed by atoms with Crippen molar-refractivity contribution in [2.45, 2.75) is 71.6 Å². The Morgan fingerprint density at radius 3 is 1.93 bits per heavy atom. The molecule has 0 radical (unpaired) electrons. The van der Waals surface area contributed by atoms with E-state index in [0.29, 0.717) is 11.3 Å². The van der Waals surface area contributed by atoms with E-state index in [1.54, 1.807) is 31.2 Å². The van der Waals surface area contributed by atoms with E-state index in [4.69, 9.17) is 28.4 Å². The van der Waals surface area contributed by atoms with Gasteiger partial charge in [-0.05, 0) is 36.2 Å². The van der Waals surface area contributed by atoms with Crippen LogP contribution in [0.4, 0.5) is 0 Å². The maximum Gasteiger partial charge on any atom is 0.303 e. The zero-order chi connectivity index (χ0) is 33.4. The maximum atomic E-state index is 13.1. The summed E-state index contributed by atoms with van der Waals surface area (Å²) in [5.41, 5.74) is 0.272. The van der Waals surface area contributed by atoms with Gasteiger partial charge in [0.25, 0.3) is 5.91 Å². The normalized spacial score (nSPS) is 20.8. The summed E-state index contributed by atoms with van der Waals surface area (Å²) in [4.78, 5) is 61.5. The Morgan fingerprint density at radius 1 is 0.822 bits per heavy atom. The van der Waals surface area contributed by atoms with Crippen molar-refractivity contribution < 1.29 is 62.6 Å². The van der Waals surface area contributed by atoms with Crippen molar-refractivity contribution in [2.75, 3.05) is 20.3 Å². The van der Waals surface area contributed by atoms with E-state index < -0.39 is 84.0 Å². The first-order valence-corrected chi connectivity index (χ1v) is 14.1. The fraction of sp³-hybridized carbons (Fsp3) is 0.452. The molecule has 14 nitrogen and oxygen atoms in total. The predicted molar refractivity (Wildman–Crippen MR) is 154 cm³/mol. The molecule has 5 atom stereocenters. The molecule has 244 valence electrons. The second-order valence-corrected chi connectivity index (χ2v) is 10.2. The summed E-state index contributed by atoms with van der Waals surface area (Å²) in [6, 6.07) is 8.25. The number of phenols is 2. The highest BCUT2D eigenvalue weighted by molar-refractivity contribution is 6.00. The van der Waals surface area contributed by atoms with Gasteiger partial charge in [0.1, 0.15) is 41.6 Å². The molecule has 1 aliphatic heterocycles. The summed E-state index contributed by atoms with van der Waals surface area (Å²) in [5.74, 6) is -4.62. The SMILES string of the molecule is CCNC(=O)c1c(O)c(Cc2ccc(OC)cc2)cc(C2OC(COC(C)=O)C(OC(C)=O)C(OC(C)=O)C2OC(C)=O)c1O. The van der Waals surface area contributed by atoms with Crippen LogP contribution in [0.5, 0.6) is 17.2 Å². The largest absolute Gasteiger partial charge is 0.507 e. The predicted octanol–water partition coefficient (Wildman–Crippen LogP) is 2.24. The number of hydrogen-bond acceptors (Lipinski definition) is 13. The van der Waals surface area contributed by atoms with Gasteiger partial charge in [-0.1, -0.05) is 12.1 Å². The molecular formula is C31H37NO13. The van der Waals surface area contributed by atoms with Crippen LogP contribution in [0.2, 0.25) is 0 Å². The van der Waals surface area contributed by atoms with E-state index in [0.717, 1.165) is 27.7 Å². The number of aromatic hydroxyl groups is 2. The molecular weight excluding hydrogens is 594 g/mol. The maximum absolute atomic E-state index is 13.1. The molecule has 1 saturated heterocycles. The van der Waals surface area contributed by atoms with E-state index in [1.165, 1.54) is 13.2 Å². The van der Waals surface area contributed by atoms with Crippen molar-refractivity contribution in [1.29, 1.82) is 0 Å². The molecule has 45 heavy (non-hydrogen) atoms. The lowest BCUT2D eigenvalue weighted by atomic mass is 9.87. The monoisotopic (exact) mass is 631 g/mol. The topological polar surface area (TPSA) is 193 Å². The first-order valence-electron chi connectivity index (χ1n) is 14.1. The zero-order valence-corrected chi connectivity index (χ0v) is 25.8. The summed E-state index contributed by atoms with van der Waals surface area (Å²) in [6.45, 7) is 5.72. The summed E-state index contributed by atoms with van der Waals surface area (Å²) < 4.78 is 33.0. The Balaban J connectivity index is 2.28. The van der Waals surface area contributed by atoms with Gasteiger partial charge in [0, 0.05) is 46.2 Å². The lowest BCUT2D eigenvalue weighted by molar-refractivity contribution is -0.254. The summed E-state index contributed by atoms with van der Waals surface area (Å²) >= 11 is 0. The van der Waals surface area contributed by atoms with Gasteiger partial charge in [0.2, 0.25) is 0 Å². The number of rotatable bonds is 11. The Hall–Kier alpha value is -4.85. The van der Waals surface area contributed by atoms with E-state index in [1.807, 2.05) is 0 Å². The molecule has 0 spiro atoms. The molecule has 0 aromatic heterocycles. The number of phenolic OH excluding ortho intramolecular Hbond substituents is 2. The lowest BCUT2D eigenvalue weighted by Crippen LogP contribution is -2.59. The number of benzene rings is 2. The Morgan fingerprint density at radius 2 is 1.40 bits per heavy atom. The van der Waals surface area contributed by atoms with E-state index in [9.17, 15) is 34.2 Å². The van der Waals surface area contributed by atoms with Crippen molar-refractivity contribution in [3.05, 3.63) is 52.6 Å². The molecule has 0 saturated carbocycles. The number of hydrogen-bond donors (Lipinski definition) is 3. The highest BCUT2D eigenvalue weighted by Gasteiger charge is 2.53. The van der Waals surface area contributed by atoms with E-state index in [-0.39, 0.29) is 24.1 Å². The van der Waals surface area contributed by atoms with Crippen LogP contribution >= 0.6 is 0 Å². The van der Waals surface area contributed by atoms with Crippen molar-refractivity contribution in [3.8, 4) is 17.2 Å². The molecule has 14 heteroatoms. The fourth-order valence-electron chi connectivity index (χ4n) is 5.00. The van der Waals surface area contributed by atoms with Crippen LogP contribution in [0.3, 0.4) is 0 Å². The summed E-state index contributed by atoms with van der Waals surface area (Å²) in [7, 11) is 1.51. The second-order valence-electron chi connectivity index (χ2n) is 10.2. The second kappa shape index (κ2) is 15.2. The third-order valence-electron chi connectivity index (χ3n) is 6.80. The van der Waals surface area contributed by atoms with Crippen LogP contribution in [0.1, 0.15) is 67.8 Å². The van der Waals surface area contributed by atoms with Crippen molar-refractivity contribution >= 4 is 29.8 Å². The van der Waals surface area contributed by atoms with Crippen LogP contribution in [0.15, 0.2) is 30.3 Å². The first kappa shape index (κ1) is 34.6. The average Bonchev–Trinajstić information content (AvgIpc) is 2.95. The number of methoxy groups -OCH3 is 1. The number of esters is 4. The highest BCUT2D eigenvalue weighted by Crippen LogP contribution is 2.45.